The minimum atomic E-state index is -0.0249. The van der Waals surface area contributed by atoms with E-state index in [1.54, 1.807) is 12.3 Å². The summed E-state index contributed by atoms with van der Waals surface area (Å²) in [6.45, 7) is 2.03. The molecule has 0 unspecified atom stereocenters. The topological polar surface area (TPSA) is 84.4 Å². The maximum absolute atomic E-state index is 8.60. The van der Waals surface area contributed by atoms with Crippen LogP contribution in [0, 0.1) is 6.92 Å². The number of aromatic nitrogens is 2. The second-order valence-corrected chi connectivity index (χ2v) is 4.67. The summed E-state index contributed by atoms with van der Waals surface area (Å²) < 4.78 is 0. The predicted molar refractivity (Wildman–Crippen MR) is 69.8 cm³/mol. The molecule has 2 aromatic rings. The summed E-state index contributed by atoms with van der Waals surface area (Å²) in [5, 5.41) is 12.1. The zero-order valence-electron chi connectivity index (χ0n) is 9.74. The van der Waals surface area contributed by atoms with E-state index in [1.807, 2.05) is 31.2 Å². The standard InChI is InChI=1S/C12H12N4OS/c1-8-2-4-9(5-3-8)18-12-14-7-6-10(15-12)11(13)16-17/h2-7,17H,1H3,(H2,13,16). The Labute approximate surface area is 109 Å². The molecule has 0 saturated heterocycles. The Morgan fingerprint density at radius 2 is 2.00 bits per heavy atom. The van der Waals surface area contributed by atoms with Gasteiger partial charge >= 0.3 is 0 Å². The Morgan fingerprint density at radius 3 is 2.67 bits per heavy atom. The van der Waals surface area contributed by atoms with Gasteiger partial charge in [-0.3, -0.25) is 0 Å². The van der Waals surface area contributed by atoms with Crippen molar-refractivity contribution in [3.05, 3.63) is 47.8 Å². The smallest absolute Gasteiger partial charge is 0.193 e. The van der Waals surface area contributed by atoms with Crippen molar-refractivity contribution in [2.24, 2.45) is 10.9 Å². The molecule has 0 radical (unpaired) electrons. The van der Waals surface area contributed by atoms with Crippen molar-refractivity contribution in [3.63, 3.8) is 0 Å². The second-order valence-electron chi connectivity index (χ2n) is 3.62. The highest BCUT2D eigenvalue weighted by atomic mass is 32.2. The molecule has 6 heteroatoms. The number of hydrogen-bond donors (Lipinski definition) is 2. The summed E-state index contributed by atoms with van der Waals surface area (Å²) in [5.41, 5.74) is 7.08. The lowest BCUT2D eigenvalue weighted by Gasteiger charge is -2.02. The number of nitrogens with zero attached hydrogens (tertiary/aromatic N) is 3. The third-order valence-corrected chi connectivity index (χ3v) is 3.12. The molecule has 1 aromatic carbocycles. The first kappa shape index (κ1) is 12.4. The molecule has 0 aliphatic rings. The summed E-state index contributed by atoms with van der Waals surface area (Å²) in [7, 11) is 0. The zero-order valence-corrected chi connectivity index (χ0v) is 10.6. The molecule has 0 atom stereocenters. The van der Waals surface area contributed by atoms with Gasteiger partial charge < -0.3 is 10.9 Å². The van der Waals surface area contributed by atoms with E-state index in [2.05, 4.69) is 15.1 Å². The molecule has 92 valence electrons. The normalized spacial score (nSPS) is 11.5. The van der Waals surface area contributed by atoms with Gasteiger partial charge in [0, 0.05) is 11.1 Å². The number of benzene rings is 1. The van der Waals surface area contributed by atoms with Crippen LogP contribution in [0.3, 0.4) is 0 Å². The van der Waals surface area contributed by atoms with Crippen molar-refractivity contribution in [2.45, 2.75) is 17.0 Å². The molecule has 0 aliphatic carbocycles. The van der Waals surface area contributed by atoms with Crippen LogP contribution in [0.4, 0.5) is 0 Å². The van der Waals surface area contributed by atoms with Crippen LogP contribution in [0.1, 0.15) is 11.3 Å². The van der Waals surface area contributed by atoms with Crippen LogP contribution in [-0.4, -0.2) is 21.0 Å². The first-order valence-corrected chi connectivity index (χ1v) is 6.06. The molecule has 18 heavy (non-hydrogen) atoms. The molecule has 1 heterocycles. The predicted octanol–water partition coefficient (Wildman–Crippen LogP) is 2.03. The van der Waals surface area contributed by atoms with Crippen molar-refractivity contribution in [3.8, 4) is 0 Å². The fourth-order valence-electron chi connectivity index (χ4n) is 1.30. The SMILES string of the molecule is Cc1ccc(Sc2nccc(/C(N)=N/O)n2)cc1. The Kier molecular flexibility index (Phi) is 3.78. The number of rotatable bonds is 3. The molecule has 0 fully saturated rings. The summed E-state index contributed by atoms with van der Waals surface area (Å²) in [5.74, 6) is -0.0249. The average molecular weight is 260 g/mol. The molecule has 1 aromatic heterocycles. The van der Waals surface area contributed by atoms with Gasteiger partial charge in [-0.25, -0.2) is 9.97 Å². The lowest BCUT2D eigenvalue weighted by Crippen LogP contribution is -2.15. The molecule has 0 spiro atoms. The van der Waals surface area contributed by atoms with E-state index in [0.717, 1.165) is 4.90 Å². The molecule has 0 amide bonds. The van der Waals surface area contributed by atoms with Crippen molar-refractivity contribution in [1.82, 2.24) is 9.97 Å². The lowest BCUT2D eigenvalue weighted by molar-refractivity contribution is 0.318. The largest absolute Gasteiger partial charge is 0.409 e. The fourth-order valence-corrected chi connectivity index (χ4v) is 2.04. The van der Waals surface area contributed by atoms with Crippen molar-refractivity contribution in [1.29, 1.82) is 0 Å². The Balaban J connectivity index is 2.22. The number of oxime groups is 1. The molecule has 0 aliphatic heterocycles. The van der Waals surface area contributed by atoms with Gasteiger partial charge in [0.05, 0.1) is 0 Å². The average Bonchev–Trinajstić information content (AvgIpc) is 2.41. The van der Waals surface area contributed by atoms with Gasteiger partial charge in [-0.15, -0.1) is 0 Å². The molecule has 0 bridgehead atoms. The maximum Gasteiger partial charge on any atom is 0.193 e. The molecule has 3 N–H and O–H groups in total. The van der Waals surface area contributed by atoms with Crippen LogP contribution in [0.25, 0.3) is 0 Å². The molecular weight excluding hydrogens is 248 g/mol. The zero-order chi connectivity index (χ0) is 13.0. The van der Waals surface area contributed by atoms with Gasteiger partial charge in [0.1, 0.15) is 5.69 Å². The first-order chi connectivity index (χ1) is 8.69. The van der Waals surface area contributed by atoms with Crippen LogP contribution in [-0.2, 0) is 0 Å². The summed E-state index contributed by atoms with van der Waals surface area (Å²) >= 11 is 1.42. The van der Waals surface area contributed by atoms with Gasteiger partial charge in [0.15, 0.2) is 11.0 Å². The summed E-state index contributed by atoms with van der Waals surface area (Å²) in [6, 6.07) is 9.64. The quantitative estimate of drug-likeness (QED) is 0.290. The van der Waals surface area contributed by atoms with Gasteiger partial charge in [-0.1, -0.05) is 22.9 Å². The van der Waals surface area contributed by atoms with Gasteiger partial charge in [-0.05, 0) is 36.9 Å². The molecule has 5 nitrogen and oxygen atoms in total. The minimum Gasteiger partial charge on any atom is -0.409 e. The number of aryl methyl sites for hydroxylation is 1. The third kappa shape index (κ3) is 2.98. The molecular formula is C12H12N4OS. The molecule has 0 saturated carbocycles. The fraction of sp³-hybridized carbons (Fsp3) is 0.0833. The van der Waals surface area contributed by atoms with E-state index in [4.69, 9.17) is 10.9 Å². The van der Waals surface area contributed by atoms with Gasteiger partial charge in [-0.2, -0.15) is 0 Å². The van der Waals surface area contributed by atoms with Gasteiger partial charge in [0.25, 0.3) is 0 Å². The Bertz CT molecular complexity index is 569. The third-order valence-electron chi connectivity index (χ3n) is 2.23. The van der Waals surface area contributed by atoms with Crippen LogP contribution < -0.4 is 5.73 Å². The van der Waals surface area contributed by atoms with E-state index in [9.17, 15) is 0 Å². The van der Waals surface area contributed by atoms with Crippen molar-refractivity contribution in [2.75, 3.05) is 0 Å². The van der Waals surface area contributed by atoms with E-state index < -0.39 is 0 Å². The second kappa shape index (κ2) is 5.50. The van der Waals surface area contributed by atoms with Crippen LogP contribution in [0.5, 0.6) is 0 Å². The lowest BCUT2D eigenvalue weighted by atomic mass is 10.2. The van der Waals surface area contributed by atoms with Crippen LogP contribution in [0.2, 0.25) is 0 Å². The van der Waals surface area contributed by atoms with E-state index in [1.165, 1.54) is 17.3 Å². The van der Waals surface area contributed by atoms with E-state index in [0.29, 0.717) is 10.9 Å². The maximum atomic E-state index is 8.60. The minimum absolute atomic E-state index is 0.0249. The summed E-state index contributed by atoms with van der Waals surface area (Å²) in [4.78, 5) is 9.37. The summed E-state index contributed by atoms with van der Waals surface area (Å²) in [6.07, 6.45) is 1.58. The number of hydrogen-bond acceptors (Lipinski definition) is 5. The number of nitrogens with two attached hydrogens (primary N) is 1. The van der Waals surface area contributed by atoms with Crippen molar-refractivity contribution >= 4 is 17.6 Å². The Hall–Kier alpha value is -2.08. The monoisotopic (exact) mass is 260 g/mol. The highest BCUT2D eigenvalue weighted by Crippen LogP contribution is 2.24. The van der Waals surface area contributed by atoms with Crippen LogP contribution in [0.15, 0.2) is 51.7 Å². The Morgan fingerprint density at radius 1 is 1.28 bits per heavy atom. The van der Waals surface area contributed by atoms with Crippen molar-refractivity contribution < 1.29 is 5.21 Å². The van der Waals surface area contributed by atoms with E-state index >= 15 is 0 Å². The number of amidine groups is 1. The highest BCUT2D eigenvalue weighted by molar-refractivity contribution is 7.99. The van der Waals surface area contributed by atoms with E-state index in [-0.39, 0.29) is 5.84 Å². The van der Waals surface area contributed by atoms with Gasteiger partial charge in [0.2, 0.25) is 0 Å². The molecule has 2 rings (SSSR count). The highest BCUT2D eigenvalue weighted by Gasteiger charge is 2.05. The first-order valence-electron chi connectivity index (χ1n) is 5.24. The van der Waals surface area contributed by atoms with Crippen LogP contribution >= 0.6 is 11.8 Å².